The van der Waals surface area contributed by atoms with E-state index >= 15 is 0 Å². The summed E-state index contributed by atoms with van der Waals surface area (Å²) >= 11 is 0. The van der Waals surface area contributed by atoms with E-state index in [0.717, 1.165) is 31.2 Å². The summed E-state index contributed by atoms with van der Waals surface area (Å²) in [7, 11) is 0. The Kier molecular flexibility index (Phi) is 3.41. The molecule has 0 N–H and O–H groups in total. The van der Waals surface area contributed by atoms with Crippen LogP contribution in [0.3, 0.4) is 0 Å². The second-order valence-electron chi connectivity index (χ2n) is 6.52. The van der Waals surface area contributed by atoms with Crippen LogP contribution in [-0.2, 0) is 16.8 Å². The molecule has 0 atom stereocenters. The third-order valence-corrected chi connectivity index (χ3v) is 3.67. The molecule has 2 nitrogen and oxygen atoms in total. The number of aliphatic imine (C=N–C) groups is 1. The van der Waals surface area contributed by atoms with Crippen LogP contribution in [0.5, 0.6) is 0 Å². The first-order valence-corrected chi connectivity index (χ1v) is 6.64. The average Bonchev–Trinajstić information content (AvgIpc) is 2.23. The van der Waals surface area contributed by atoms with Crippen LogP contribution in [-0.4, -0.2) is 6.08 Å². The number of hydrogen-bond donors (Lipinski definition) is 0. The van der Waals surface area contributed by atoms with Gasteiger partial charge in [-0.15, -0.1) is 0 Å². The molecule has 1 aliphatic carbocycles. The van der Waals surface area contributed by atoms with E-state index in [1.807, 2.05) is 0 Å². The van der Waals surface area contributed by atoms with Gasteiger partial charge in [0.1, 0.15) is 0 Å². The normalized spacial score (nSPS) is 17.7. The zero-order valence-corrected chi connectivity index (χ0v) is 11.5. The number of nitrogens with zero attached hydrogens (tertiary/aromatic N) is 1. The van der Waals surface area contributed by atoms with Crippen LogP contribution in [0, 0.1) is 5.41 Å². The molecule has 0 aromatic heterocycles. The van der Waals surface area contributed by atoms with E-state index in [2.05, 4.69) is 50.0 Å². The van der Waals surface area contributed by atoms with Crippen LogP contribution in [0.2, 0.25) is 0 Å². The summed E-state index contributed by atoms with van der Waals surface area (Å²) in [5, 5.41) is 0. The Hall–Kier alpha value is -1.40. The SMILES string of the molecule is CC(C)(C)Cc1ccc(C2(N=C=O)CCC2)cc1. The molecule has 0 bridgehead atoms. The first-order valence-electron chi connectivity index (χ1n) is 6.64. The standard InChI is InChI=1S/C16H21NO/c1-15(2,3)11-13-5-7-14(8-6-13)16(17-12-18)9-4-10-16/h5-8H,4,9-11H2,1-3H3. The maximum absolute atomic E-state index is 10.5. The molecular formula is C16H21NO. The first kappa shape index (κ1) is 13.0. The monoisotopic (exact) mass is 243 g/mol. The average molecular weight is 243 g/mol. The largest absolute Gasteiger partial charge is 0.235 e. The van der Waals surface area contributed by atoms with Gasteiger partial charge in [0.25, 0.3) is 0 Å². The van der Waals surface area contributed by atoms with E-state index < -0.39 is 0 Å². The van der Waals surface area contributed by atoms with E-state index in [0.29, 0.717) is 5.41 Å². The molecule has 2 rings (SSSR count). The highest BCUT2D eigenvalue weighted by Gasteiger charge is 2.38. The Labute approximate surface area is 109 Å². The zero-order chi connectivity index (χ0) is 13.2. The molecule has 1 aromatic carbocycles. The van der Waals surface area contributed by atoms with E-state index in [4.69, 9.17) is 0 Å². The minimum Gasteiger partial charge on any atom is -0.211 e. The maximum atomic E-state index is 10.5. The van der Waals surface area contributed by atoms with Crippen molar-refractivity contribution < 1.29 is 4.79 Å². The molecule has 0 spiro atoms. The lowest BCUT2D eigenvalue weighted by Crippen LogP contribution is -2.31. The van der Waals surface area contributed by atoms with Crippen LogP contribution in [0.15, 0.2) is 29.3 Å². The van der Waals surface area contributed by atoms with Crippen molar-refractivity contribution in [3.05, 3.63) is 35.4 Å². The molecule has 2 heteroatoms. The van der Waals surface area contributed by atoms with Gasteiger partial charge in [0.2, 0.25) is 6.08 Å². The molecule has 18 heavy (non-hydrogen) atoms. The number of carbonyl (C=O) groups excluding carboxylic acids is 1. The Morgan fingerprint density at radius 3 is 2.22 bits per heavy atom. The Bertz CT molecular complexity index is 457. The number of benzene rings is 1. The second kappa shape index (κ2) is 4.70. The summed E-state index contributed by atoms with van der Waals surface area (Å²) in [6.45, 7) is 6.72. The lowest BCUT2D eigenvalue weighted by molar-refractivity contribution is 0.256. The summed E-state index contributed by atoms with van der Waals surface area (Å²) in [6.07, 6.45) is 5.90. The Morgan fingerprint density at radius 1 is 1.22 bits per heavy atom. The van der Waals surface area contributed by atoms with Crippen molar-refractivity contribution in [2.45, 2.75) is 52.0 Å². The third kappa shape index (κ3) is 2.70. The molecule has 0 unspecified atom stereocenters. The molecule has 0 aliphatic heterocycles. The lowest BCUT2D eigenvalue weighted by Gasteiger charge is -2.37. The topological polar surface area (TPSA) is 29.4 Å². The minimum absolute atomic E-state index is 0.262. The molecule has 0 radical (unpaired) electrons. The molecule has 1 fully saturated rings. The van der Waals surface area contributed by atoms with Gasteiger partial charge >= 0.3 is 0 Å². The van der Waals surface area contributed by atoms with Crippen molar-refractivity contribution in [3.63, 3.8) is 0 Å². The van der Waals surface area contributed by atoms with Gasteiger partial charge in [0.15, 0.2) is 0 Å². The van der Waals surface area contributed by atoms with Crippen molar-refractivity contribution in [2.75, 3.05) is 0 Å². The van der Waals surface area contributed by atoms with E-state index in [-0.39, 0.29) is 5.54 Å². The van der Waals surface area contributed by atoms with Gasteiger partial charge in [0, 0.05) is 0 Å². The van der Waals surface area contributed by atoms with Gasteiger partial charge in [-0.2, -0.15) is 4.99 Å². The Morgan fingerprint density at radius 2 is 1.83 bits per heavy atom. The summed E-state index contributed by atoms with van der Waals surface area (Å²) in [4.78, 5) is 14.6. The van der Waals surface area contributed by atoms with E-state index in [1.165, 1.54) is 5.56 Å². The zero-order valence-electron chi connectivity index (χ0n) is 11.5. The lowest BCUT2D eigenvalue weighted by atomic mass is 9.72. The van der Waals surface area contributed by atoms with Crippen LogP contribution >= 0.6 is 0 Å². The fourth-order valence-electron chi connectivity index (χ4n) is 2.61. The van der Waals surface area contributed by atoms with Crippen molar-refractivity contribution in [2.24, 2.45) is 10.4 Å². The summed E-state index contributed by atoms with van der Waals surface area (Å²) in [6, 6.07) is 8.59. The number of rotatable bonds is 3. The molecule has 0 amide bonds. The van der Waals surface area contributed by atoms with Crippen LogP contribution in [0.25, 0.3) is 0 Å². The van der Waals surface area contributed by atoms with Crippen LogP contribution in [0.4, 0.5) is 0 Å². The third-order valence-electron chi connectivity index (χ3n) is 3.67. The smallest absolute Gasteiger partial charge is 0.211 e. The highest BCUT2D eigenvalue weighted by molar-refractivity contribution is 5.40. The predicted octanol–water partition coefficient (Wildman–Crippen LogP) is 3.99. The number of isocyanates is 1. The highest BCUT2D eigenvalue weighted by Crippen LogP contribution is 2.44. The molecule has 0 saturated heterocycles. The highest BCUT2D eigenvalue weighted by atomic mass is 16.1. The van der Waals surface area contributed by atoms with E-state index in [9.17, 15) is 4.79 Å². The molecule has 1 saturated carbocycles. The van der Waals surface area contributed by atoms with Gasteiger partial charge in [0.05, 0.1) is 5.54 Å². The molecule has 1 aromatic rings. The van der Waals surface area contributed by atoms with Crippen molar-refractivity contribution in [3.8, 4) is 0 Å². The molecule has 0 heterocycles. The first-order chi connectivity index (χ1) is 8.45. The summed E-state index contributed by atoms with van der Waals surface area (Å²) < 4.78 is 0. The van der Waals surface area contributed by atoms with Gasteiger partial charge in [-0.3, -0.25) is 0 Å². The van der Waals surface area contributed by atoms with Crippen molar-refractivity contribution in [1.82, 2.24) is 0 Å². The van der Waals surface area contributed by atoms with Crippen molar-refractivity contribution in [1.29, 1.82) is 0 Å². The van der Waals surface area contributed by atoms with E-state index in [1.54, 1.807) is 6.08 Å². The number of hydrogen-bond acceptors (Lipinski definition) is 2. The summed E-state index contributed by atoms with van der Waals surface area (Å²) in [5.74, 6) is 0. The fourth-order valence-corrected chi connectivity index (χ4v) is 2.61. The van der Waals surface area contributed by atoms with Gasteiger partial charge in [-0.05, 0) is 42.2 Å². The van der Waals surface area contributed by atoms with Gasteiger partial charge in [-0.1, -0.05) is 45.0 Å². The molecular weight excluding hydrogens is 222 g/mol. The maximum Gasteiger partial charge on any atom is 0.235 e. The minimum atomic E-state index is -0.262. The predicted molar refractivity (Wildman–Crippen MR) is 73.3 cm³/mol. The fraction of sp³-hybridized carbons (Fsp3) is 0.562. The van der Waals surface area contributed by atoms with Crippen LogP contribution in [0.1, 0.15) is 51.2 Å². The quantitative estimate of drug-likeness (QED) is 0.583. The summed E-state index contributed by atoms with van der Waals surface area (Å²) in [5.41, 5.74) is 2.55. The van der Waals surface area contributed by atoms with Gasteiger partial charge in [-0.25, -0.2) is 4.79 Å². The molecule has 1 aliphatic rings. The Balaban J connectivity index is 2.19. The van der Waals surface area contributed by atoms with Crippen LogP contribution < -0.4 is 0 Å². The van der Waals surface area contributed by atoms with Gasteiger partial charge < -0.3 is 0 Å². The molecule has 96 valence electrons. The van der Waals surface area contributed by atoms with Crippen molar-refractivity contribution >= 4 is 6.08 Å². The second-order valence-corrected chi connectivity index (χ2v) is 6.52.